The van der Waals surface area contributed by atoms with Gasteiger partial charge in [0.1, 0.15) is 12.4 Å². The predicted octanol–water partition coefficient (Wildman–Crippen LogP) is 2.36. The van der Waals surface area contributed by atoms with Crippen molar-refractivity contribution in [2.75, 3.05) is 13.1 Å². The summed E-state index contributed by atoms with van der Waals surface area (Å²) < 4.78 is 34.1. The molecule has 208 valence electrons. The van der Waals surface area contributed by atoms with Gasteiger partial charge >= 0.3 is 6.09 Å². The molecule has 0 saturated carbocycles. The zero-order valence-electron chi connectivity index (χ0n) is 21.9. The normalized spacial score (nSPS) is 16.6. The number of aliphatic hydroxyl groups excluding tert-OH is 1. The number of rotatable bonds is 12. The number of hydrogen-bond donors (Lipinski definition) is 4. The van der Waals surface area contributed by atoms with E-state index in [9.17, 15) is 18.3 Å². The van der Waals surface area contributed by atoms with Gasteiger partial charge in [0.15, 0.2) is 0 Å². The summed E-state index contributed by atoms with van der Waals surface area (Å²) >= 11 is 0. The third-order valence-corrected chi connectivity index (χ3v) is 8.22. The highest BCUT2D eigenvalue weighted by Gasteiger charge is 2.34. The van der Waals surface area contributed by atoms with Crippen molar-refractivity contribution in [3.05, 3.63) is 88.6 Å². The maximum absolute atomic E-state index is 13.8. The second kappa shape index (κ2) is 12.4. The van der Waals surface area contributed by atoms with Crippen LogP contribution in [0.2, 0.25) is 0 Å². The highest BCUT2D eigenvalue weighted by atomic mass is 32.2. The Kier molecular flexibility index (Phi) is 9.00. The Hall–Kier alpha value is -3.74. The molecular weight excluding hydrogens is 520 g/mol. The predicted molar refractivity (Wildman–Crippen MR) is 148 cm³/mol. The lowest BCUT2D eigenvalue weighted by molar-refractivity contribution is 0.0871. The zero-order valence-corrected chi connectivity index (χ0v) is 22.8. The van der Waals surface area contributed by atoms with Crippen LogP contribution in [0.3, 0.4) is 0 Å². The second-order valence-corrected chi connectivity index (χ2v) is 11.9. The molecule has 2 aromatic rings. The molecule has 0 saturated heterocycles. The number of nitrogens with zero attached hydrogens (tertiary/aromatic N) is 3. The van der Waals surface area contributed by atoms with Gasteiger partial charge in [-0.15, -0.1) is 0 Å². The van der Waals surface area contributed by atoms with Crippen LogP contribution in [0.25, 0.3) is 0 Å². The number of benzene rings is 1. The third kappa shape index (κ3) is 7.43. The Morgan fingerprint density at radius 3 is 2.69 bits per heavy atom. The monoisotopic (exact) mass is 554 g/mol. The largest absolute Gasteiger partial charge is 0.443 e. The first kappa shape index (κ1) is 28.3. The summed E-state index contributed by atoms with van der Waals surface area (Å²) in [5, 5.41) is 14.1. The molecular formula is C27H34N6O5S. The molecule has 1 aliphatic carbocycles. The van der Waals surface area contributed by atoms with E-state index >= 15 is 0 Å². The van der Waals surface area contributed by atoms with Crippen LogP contribution < -0.4 is 11.1 Å². The molecule has 0 bridgehead atoms. The lowest BCUT2D eigenvalue weighted by Gasteiger charge is -2.31. The van der Waals surface area contributed by atoms with Gasteiger partial charge in [0.25, 0.3) is 0 Å². The molecule has 1 aromatic heterocycles. The van der Waals surface area contributed by atoms with Crippen molar-refractivity contribution in [3.8, 4) is 0 Å². The van der Waals surface area contributed by atoms with Crippen LogP contribution in [0.4, 0.5) is 4.79 Å². The second-order valence-electron chi connectivity index (χ2n) is 9.94. The van der Waals surface area contributed by atoms with Crippen molar-refractivity contribution >= 4 is 21.8 Å². The number of allylic oxidation sites excluding steroid dienone is 5. The van der Waals surface area contributed by atoms with E-state index in [0.29, 0.717) is 17.2 Å². The minimum absolute atomic E-state index is 0.0108. The molecule has 5 N–H and O–H groups in total. The number of nitrogens with two attached hydrogens (primary N) is 1. The summed E-state index contributed by atoms with van der Waals surface area (Å²) in [4.78, 5) is 23.8. The Morgan fingerprint density at radius 1 is 1.23 bits per heavy atom. The number of H-pyrrole nitrogens is 1. The quantitative estimate of drug-likeness (QED) is 0.313. The van der Waals surface area contributed by atoms with Crippen LogP contribution in [0.5, 0.6) is 0 Å². The van der Waals surface area contributed by atoms with E-state index in [0.717, 1.165) is 11.1 Å². The van der Waals surface area contributed by atoms with Gasteiger partial charge in [-0.2, -0.15) is 4.31 Å². The summed E-state index contributed by atoms with van der Waals surface area (Å²) in [5.41, 5.74) is 8.67. The highest BCUT2D eigenvalue weighted by molar-refractivity contribution is 7.93. The smallest absolute Gasteiger partial charge is 0.407 e. The molecule has 1 amide bonds. The molecule has 2 aliphatic rings. The molecule has 39 heavy (non-hydrogen) atoms. The number of aliphatic imine (C=N–C) groups is 1. The van der Waals surface area contributed by atoms with Crippen molar-refractivity contribution in [2.45, 2.75) is 45.4 Å². The fourth-order valence-electron chi connectivity index (χ4n) is 4.40. The summed E-state index contributed by atoms with van der Waals surface area (Å²) in [6.07, 6.45) is 6.39. The Morgan fingerprint density at radius 2 is 2.00 bits per heavy atom. The van der Waals surface area contributed by atoms with Gasteiger partial charge in [-0.05, 0) is 30.1 Å². The number of aromatic nitrogens is 2. The van der Waals surface area contributed by atoms with Crippen molar-refractivity contribution in [1.82, 2.24) is 19.6 Å². The molecule has 2 unspecified atom stereocenters. The minimum Gasteiger partial charge on any atom is -0.443 e. The molecule has 12 heteroatoms. The van der Waals surface area contributed by atoms with Crippen LogP contribution in [0.1, 0.15) is 31.5 Å². The maximum atomic E-state index is 13.8. The van der Waals surface area contributed by atoms with E-state index in [1.165, 1.54) is 16.8 Å². The van der Waals surface area contributed by atoms with E-state index in [1.807, 2.05) is 44.2 Å². The third-order valence-electron chi connectivity index (χ3n) is 6.30. The van der Waals surface area contributed by atoms with E-state index in [4.69, 9.17) is 10.5 Å². The zero-order chi connectivity index (χ0) is 28.0. The first-order valence-corrected chi connectivity index (χ1v) is 14.1. The Bertz CT molecular complexity index is 1380. The number of carbonyl (C=O) groups is 1. The summed E-state index contributed by atoms with van der Waals surface area (Å²) in [6.45, 7) is 3.74. The average molecular weight is 555 g/mol. The van der Waals surface area contributed by atoms with Crippen molar-refractivity contribution in [3.63, 3.8) is 0 Å². The number of amides is 1. The molecule has 1 aliphatic heterocycles. The number of aliphatic hydroxyl groups is 1. The summed E-state index contributed by atoms with van der Waals surface area (Å²) in [7, 11) is -3.96. The fraction of sp³-hybridized carbons (Fsp3) is 0.370. The van der Waals surface area contributed by atoms with Gasteiger partial charge in [0, 0.05) is 25.1 Å². The van der Waals surface area contributed by atoms with E-state index in [-0.39, 0.29) is 43.4 Å². The standard InChI is InChI=1S/C27H34N6O5S/c1-18(2)14-33(39(36,37)22-9-8-20-11-26(28)31-23(20)12-22)15-25(34)24(10-19-6-4-3-5-7-19)32-27(35)38-16-21-13-29-17-30-21/h3-9,11,13,17-18,24-25,34H,10,12,14-16,28H2,1-2H3,(H,29,30)(H,32,35). The van der Waals surface area contributed by atoms with Crippen molar-refractivity contribution in [1.29, 1.82) is 0 Å². The molecule has 0 spiro atoms. The average Bonchev–Trinajstić information content (AvgIpc) is 3.55. The number of aromatic amines is 1. The van der Waals surface area contributed by atoms with Gasteiger partial charge in [-0.25, -0.2) is 23.2 Å². The SMILES string of the molecule is CC(C)CN(CC(O)C(Cc1ccccc1)NC(=O)OCc1cnc[nH]1)S(=O)(=O)C1=CC=C2C=C(N)N=C2C1. The van der Waals surface area contributed by atoms with Crippen LogP contribution in [0, 0.1) is 5.92 Å². The molecule has 2 heterocycles. The summed E-state index contributed by atoms with van der Waals surface area (Å²) in [5.74, 6) is 0.329. The number of imidazole rings is 1. The Labute approximate surface area is 228 Å². The molecule has 0 fully saturated rings. The molecule has 11 nitrogen and oxygen atoms in total. The number of carbonyl (C=O) groups excluding carboxylic acids is 1. The maximum Gasteiger partial charge on any atom is 0.407 e. The molecule has 0 radical (unpaired) electrons. The molecule has 2 atom stereocenters. The Balaban J connectivity index is 1.51. The van der Waals surface area contributed by atoms with Crippen LogP contribution in [-0.4, -0.2) is 64.8 Å². The van der Waals surface area contributed by atoms with Crippen molar-refractivity contribution < 1.29 is 23.1 Å². The molecule has 1 aromatic carbocycles. The van der Waals surface area contributed by atoms with E-state index < -0.39 is 28.3 Å². The number of fused-ring (bicyclic) bond motifs is 1. The van der Waals surface area contributed by atoms with Gasteiger partial charge in [-0.1, -0.05) is 50.3 Å². The lowest BCUT2D eigenvalue weighted by atomic mass is 10.0. The van der Waals surface area contributed by atoms with Crippen molar-refractivity contribution in [2.24, 2.45) is 16.6 Å². The fourth-order valence-corrected chi connectivity index (χ4v) is 6.13. The van der Waals surface area contributed by atoms with Crippen LogP contribution in [-0.2, 0) is 27.8 Å². The topological polar surface area (TPSA) is 163 Å². The first-order chi connectivity index (χ1) is 18.6. The number of nitrogens with one attached hydrogen (secondary N) is 2. The molecule has 4 rings (SSSR count). The number of ether oxygens (including phenoxy) is 1. The highest BCUT2D eigenvalue weighted by Crippen LogP contribution is 2.28. The van der Waals surface area contributed by atoms with E-state index in [2.05, 4.69) is 20.3 Å². The van der Waals surface area contributed by atoms with E-state index in [1.54, 1.807) is 18.2 Å². The van der Waals surface area contributed by atoms with Gasteiger partial charge in [0.2, 0.25) is 10.0 Å². The van der Waals surface area contributed by atoms with Gasteiger partial charge < -0.3 is 25.9 Å². The number of sulfonamides is 1. The minimum atomic E-state index is -3.96. The first-order valence-electron chi connectivity index (χ1n) is 12.7. The number of hydrogen-bond acceptors (Lipinski definition) is 8. The number of alkyl carbamates (subject to hydrolysis) is 1. The van der Waals surface area contributed by atoms with Gasteiger partial charge in [0.05, 0.1) is 41.0 Å². The lowest BCUT2D eigenvalue weighted by Crippen LogP contribution is -2.51. The van der Waals surface area contributed by atoms with Crippen LogP contribution in [0.15, 0.2) is 82.4 Å². The summed E-state index contributed by atoms with van der Waals surface area (Å²) in [6, 6.07) is 8.51. The van der Waals surface area contributed by atoms with Gasteiger partial charge in [-0.3, -0.25) is 0 Å². The van der Waals surface area contributed by atoms with Crippen LogP contribution >= 0.6 is 0 Å².